The molecule has 1 aliphatic carbocycles. The fraction of sp³-hybridized carbons (Fsp3) is 0.571. The van der Waals surface area contributed by atoms with Crippen LogP contribution in [0.4, 0.5) is 0 Å². The van der Waals surface area contributed by atoms with Crippen molar-refractivity contribution in [3.8, 4) is 0 Å². The Balaban J connectivity index is 1.46. The van der Waals surface area contributed by atoms with E-state index in [1.807, 2.05) is 31.2 Å². The van der Waals surface area contributed by atoms with Gasteiger partial charge < -0.3 is 5.32 Å². The summed E-state index contributed by atoms with van der Waals surface area (Å²) in [4.78, 5) is 25.7. The Hall–Kier alpha value is -2.25. The van der Waals surface area contributed by atoms with Crippen LogP contribution in [-0.2, 0) is 11.3 Å². The second-order valence-electron chi connectivity index (χ2n) is 8.29. The van der Waals surface area contributed by atoms with Gasteiger partial charge in [-0.15, -0.1) is 0 Å². The van der Waals surface area contributed by atoms with Crippen molar-refractivity contribution in [3.63, 3.8) is 0 Å². The first-order valence-corrected chi connectivity index (χ1v) is 10.3. The maximum atomic E-state index is 12.9. The maximum Gasteiger partial charge on any atom is 0.274 e. The van der Waals surface area contributed by atoms with Gasteiger partial charge in [-0.05, 0) is 37.7 Å². The van der Waals surface area contributed by atoms with Gasteiger partial charge in [-0.2, -0.15) is 5.10 Å². The Morgan fingerprint density at radius 3 is 2.96 bits per heavy atom. The number of rotatable bonds is 5. The highest BCUT2D eigenvalue weighted by Gasteiger charge is 2.42. The van der Waals surface area contributed by atoms with Crippen LogP contribution in [0, 0.1) is 11.8 Å². The smallest absolute Gasteiger partial charge is 0.274 e. The van der Waals surface area contributed by atoms with Crippen molar-refractivity contribution in [3.05, 3.63) is 40.8 Å². The second-order valence-corrected chi connectivity index (χ2v) is 8.29. The molecule has 150 valence electrons. The fourth-order valence-corrected chi connectivity index (χ4v) is 4.57. The molecule has 0 radical (unpaired) electrons. The van der Waals surface area contributed by atoms with Crippen molar-refractivity contribution < 1.29 is 4.79 Å². The standard InChI is InChI=1S/C21H29N5O2/c1-3-15(12-26-21(28)16-7-5-4-6-14(16)11-22-26)23-20(27)19-17-10-13(2)8-9-18(17)24-25-19/h4-7,11,13,15,17-19,24-25H,3,8-10,12H2,1-2H3,(H,23,27)/t13?,15-,17?,18?,19?/m1/s1. The lowest BCUT2D eigenvalue weighted by atomic mass is 9.76. The van der Waals surface area contributed by atoms with Gasteiger partial charge in [-0.25, -0.2) is 10.1 Å². The Morgan fingerprint density at radius 2 is 2.14 bits per heavy atom. The Labute approximate surface area is 164 Å². The lowest BCUT2D eigenvalue weighted by molar-refractivity contribution is -0.124. The molecule has 7 nitrogen and oxygen atoms in total. The lowest BCUT2D eigenvalue weighted by Gasteiger charge is -2.31. The Bertz CT molecular complexity index is 911. The Morgan fingerprint density at radius 1 is 1.32 bits per heavy atom. The molecule has 1 aromatic heterocycles. The maximum absolute atomic E-state index is 12.9. The largest absolute Gasteiger partial charge is 0.350 e. The molecule has 1 amide bonds. The molecular formula is C21H29N5O2. The molecule has 4 unspecified atom stereocenters. The van der Waals surface area contributed by atoms with E-state index in [4.69, 9.17) is 0 Å². The summed E-state index contributed by atoms with van der Waals surface area (Å²) >= 11 is 0. The molecule has 7 heteroatoms. The number of nitrogens with one attached hydrogen (secondary N) is 3. The van der Waals surface area contributed by atoms with Crippen LogP contribution in [-0.4, -0.2) is 33.8 Å². The molecule has 28 heavy (non-hydrogen) atoms. The summed E-state index contributed by atoms with van der Waals surface area (Å²) in [5.74, 6) is 0.984. The average Bonchev–Trinajstić information content (AvgIpc) is 3.12. The number of aromatic nitrogens is 2. The molecule has 1 aliphatic heterocycles. The van der Waals surface area contributed by atoms with E-state index in [-0.39, 0.29) is 23.6 Å². The number of amides is 1. The summed E-state index contributed by atoms with van der Waals surface area (Å²) in [5.41, 5.74) is 6.39. The number of hydrazine groups is 1. The summed E-state index contributed by atoms with van der Waals surface area (Å²) in [6.07, 6.45) is 5.82. The summed E-state index contributed by atoms with van der Waals surface area (Å²) in [6.45, 7) is 4.65. The molecule has 0 spiro atoms. The molecule has 2 fully saturated rings. The summed E-state index contributed by atoms with van der Waals surface area (Å²) in [5, 5.41) is 8.92. The summed E-state index contributed by atoms with van der Waals surface area (Å²) < 4.78 is 1.46. The number of hydrogen-bond acceptors (Lipinski definition) is 5. The van der Waals surface area contributed by atoms with Crippen LogP contribution in [0.2, 0.25) is 0 Å². The van der Waals surface area contributed by atoms with Crippen LogP contribution >= 0.6 is 0 Å². The minimum absolute atomic E-state index is 0.00906. The highest BCUT2D eigenvalue weighted by atomic mass is 16.2. The third-order valence-corrected chi connectivity index (χ3v) is 6.29. The lowest BCUT2D eigenvalue weighted by Crippen LogP contribution is -2.50. The Kier molecular flexibility index (Phi) is 5.46. The topological polar surface area (TPSA) is 88.0 Å². The third kappa shape index (κ3) is 3.69. The van der Waals surface area contributed by atoms with E-state index in [1.54, 1.807) is 6.20 Å². The number of nitrogens with zero attached hydrogens (tertiary/aromatic N) is 2. The number of benzene rings is 1. The first kappa shape index (κ1) is 19.1. The van der Waals surface area contributed by atoms with Gasteiger partial charge in [0.15, 0.2) is 0 Å². The molecule has 1 aromatic carbocycles. The molecule has 2 aromatic rings. The van der Waals surface area contributed by atoms with Crippen LogP contribution < -0.4 is 21.7 Å². The highest BCUT2D eigenvalue weighted by molar-refractivity contribution is 5.83. The number of carbonyl (C=O) groups is 1. The molecule has 5 atom stereocenters. The van der Waals surface area contributed by atoms with E-state index < -0.39 is 0 Å². The summed E-state index contributed by atoms with van der Waals surface area (Å²) in [6, 6.07) is 7.46. The minimum Gasteiger partial charge on any atom is -0.350 e. The van der Waals surface area contributed by atoms with Gasteiger partial charge in [0, 0.05) is 23.4 Å². The van der Waals surface area contributed by atoms with Crippen molar-refractivity contribution in [1.29, 1.82) is 0 Å². The molecule has 4 rings (SSSR count). The van der Waals surface area contributed by atoms with Crippen LogP contribution in [0.15, 0.2) is 35.3 Å². The van der Waals surface area contributed by atoms with Crippen molar-refractivity contribution in [2.45, 2.75) is 64.2 Å². The zero-order chi connectivity index (χ0) is 19.7. The van der Waals surface area contributed by atoms with Crippen molar-refractivity contribution in [2.24, 2.45) is 11.8 Å². The van der Waals surface area contributed by atoms with E-state index in [2.05, 4.69) is 28.2 Å². The van der Waals surface area contributed by atoms with E-state index in [1.165, 1.54) is 11.1 Å². The molecule has 1 saturated carbocycles. The van der Waals surface area contributed by atoms with E-state index >= 15 is 0 Å². The molecule has 1 saturated heterocycles. The van der Waals surface area contributed by atoms with E-state index in [0.717, 1.165) is 24.6 Å². The number of hydrogen-bond donors (Lipinski definition) is 3. The predicted octanol–water partition coefficient (Wildman–Crippen LogP) is 1.57. The van der Waals surface area contributed by atoms with Crippen molar-refractivity contribution in [1.82, 2.24) is 25.9 Å². The second kappa shape index (κ2) is 8.01. The summed E-state index contributed by atoms with van der Waals surface area (Å²) in [7, 11) is 0. The molecule has 3 N–H and O–H groups in total. The molecular weight excluding hydrogens is 354 g/mol. The van der Waals surface area contributed by atoms with Gasteiger partial charge in [0.05, 0.1) is 18.1 Å². The van der Waals surface area contributed by atoms with E-state index in [9.17, 15) is 9.59 Å². The fourth-order valence-electron chi connectivity index (χ4n) is 4.57. The number of fused-ring (bicyclic) bond motifs is 2. The number of carbonyl (C=O) groups excluding carboxylic acids is 1. The van der Waals surface area contributed by atoms with Crippen LogP contribution in [0.1, 0.15) is 39.5 Å². The van der Waals surface area contributed by atoms with E-state index in [0.29, 0.717) is 29.8 Å². The SMILES string of the molecule is CC[C@H](Cn1ncc2ccccc2c1=O)NC(=O)C1NNC2CCC(C)CC21. The normalized spacial score (nSPS) is 28.1. The molecule has 2 aliphatic rings. The van der Waals surface area contributed by atoms with Gasteiger partial charge >= 0.3 is 0 Å². The zero-order valence-corrected chi connectivity index (χ0v) is 16.5. The average molecular weight is 383 g/mol. The van der Waals surface area contributed by atoms with Gasteiger partial charge in [0.25, 0.3) is 5.56 Å². The van der Waals surface area contributed by atoms with Crippen LogP contribution in [0.5, 0.6) is 0 Å². The van der Waals surface area contributed by atoms with Crippen LogP contribution in [0.25, 0.3) is 10.8 Å². The first-order chi connectivity index (χ1) is 13.6. The zero-order valence-electron chi connectivity index (χ0n) is 16.5. The first-order valence-electron chi connectivity index (χ1n) is 10.3. The van der Waals surface area contributed by atoms with Crippen molar-refractivity contribution >= 4 is 16.7 Å². The van der Waals surface area contributed by atoms with Gasteiger partial charge in [-0.1, -0.05) is 32.0 Å². The molecule has 0 bridgehead atoms. The molecule has 2 heterocycles. The monoisotopic (exact) mass is 383 g/mol. The van der Waals surface area contributed by atoms with Crippen molar-refractivity contribution in [2.75, 3.05) is 0 Å². The van der Waals surface area contributed by atoms with Gasteiger partial charge in [0.1, 0.15) is 6.04 Å². The van der Waals surface area contributed by atoms with Gasteiger partial charge in [-0.3, -0.25) is 15.0 Å². The highest BCUT2D eigenvalue weighted by Crippen LogP contribution is 2.33. The van der Waals surface area contributed by atoms with Crippen LogP contribution in [0.3, 0.4) is 0 Å². The predicted molar refractivity (Wildman–Crippen MR) is 109 cm³/mol. The van der Waals surface area contributed by atoms with Gasteiger partial charge in [0.2, 0.25) is 5.91 Å². The minimum atomic E-state index is -0.219. The quantitative estimate of drug-likeness (QED) is 0.730. The third-order valence-electron chi connectivity index (χ3n) is 6.29.